The number of ether oxygens (including phenoxy) is 1. The van der Waals surface area contributed by atoms with E-state index in [-0.39, 0.29) is 17.0 Å². The highest BCUT2D eigenvalue weighted by molar-refractivity contribution is 9.10. The zero-order valence-electron chi connectivity index (χ0n) is 41.5. The molecule has 0 bridgehead atoms. The number of carbonyl (C=O) groups excluding carboxylic acids is 1. The van der Waals surface area contributed by atoms with Crippen molar-refractivity contribution in [2.24, 2.45) is 5.92 Å². The lowest BCUT2D eigenvalue weighted by Crippen LogP contribution is -2.35. The zero-order valence-corrected chi connectivity index (χ0v) is 43.1. The minimum Gasteiger partial charge on any atom is -0.472 e. The van der Waals surface area contributed by atoms with Crippen molar-refractivity contribution in [2.45, 2.75) is 95.2 Å². The summed E-state index contributed by atoms with van der Waals surface area (Å²) in [6.45, 7) is 6.46. The van der Waals surface area contributed by atoms with Gasteiger partial charge in [0.1, 0.15) is 17.4 Å². The van der Waals surface area contributed by atoms with Crippen LogP contribution in [0.4, 0.5) is 27.6 Å². The molecule has 1 heterocycles. The highest BCUT2D eigenvalue weighted by Crippen LogP contribution is 2.60. The van der Waals surface area contributed by atoms with Crippen LogP contribution in [-0.2, 0) is 17.2 Å². The maximum atomic E-state index is 14.6. The summed E-state index contributed by atoms with van der Waals surface area (Å²) in [5.41, 5.74) is 8.68. The van der Waals surface area contributed by atoms with Gasteiger partial charge in [0.05, 0.1) is 5.56 Å². The number of unbranched alkanes of at least 4 members (excludes halogenated alkanes) is 2. The second-order valence-corrected chi connectivity index (χ2v) is 21.7. The zero-order chi connectivity index (χ0) is 51.5. The van der Waals surface area contributed by atoms with Crippen LogP contribution in [-0.4, -0.2) is 5.91 Å². The molecule has 2 aliphatic carbocycles. The van der Waals surface area contributed by atoms with E-state index in [1.54, 1.807) is 24.3 Å². The van der Waals surface area contributed by atoms with E-state index in [0.717, 1.165) is 67.0 Å². The molecule has 3 nitrogen and oxygen atoms in total. The summed E-state index contributed by atoms with van der Waals surface area (Å²) in [5, 5.41) is 3.86. The van der Waals surface area contributed by atoms with Crippen molar-refractivity contribution < 1.29 is 31.5 Å². The number of hydrogen-bond donors (Lipinski definition) is 1. The fourth-order valence-corrected chi connectivity index (χ4v) is 13.0. The molecule has 1 amide bonds. The molecule has 3 aliphatic rings. The lowest BCUT2D eigenvalue weighted by molar-refractivity contribution is -0.137. The minimum atomic E-state index is -4.65. The molecule has 1 saturated carbocycles. The Labute approximate surface area is 437 Å². The highest BCUT2D eigenvalue weighted by atomic mass is 79.9. The summed E-state index contributed by atoms with van der Waals surface area (Å²) in [6, 6.07) is 43.6. The largest absolute Gasteiger partial charge is 0.472 e. The van der Waals surface area contributed by atoms with Gasteiger partial charge in [-0.15, -0.1) is 0 Å². The van der Waals surface area contributed by atoms with Crippen molar-refractivity contribution in [1.29, 1.82) is 0 Å². The summed E-state index contributed by atoms with van der Waals surface area (Å²) < 4.78 is 80.5. The molecule has 0 spiro atoms. The lowest BCUT2D eigenvalue weighted by atomic mass is 9.76. The molecule has 1 fully saturated rings. The predicted molar refractivity (Wildman–Crippen MR) is 292 cm³/mol. The average Bonchev–Trinajstić information content (AvgIpc) is 3.69. The van der Waals surface area contributed by atoms with Crippen LogP contribution in [0.5, 0.6) is 5.75 Å². The van der Waals surface area contributed by atoms with Crippen LogP contribution < -0.4 is 10.1 Å². The molecule has 0 saturated heterocycles. The molecule has 74 heavy (non-hydrogen) atoms. The van der Waals surface area contributed by atoms with E-state index in [1.165, 1.54) is 87.3 Å². The van der Waals surface area contributed by atoms with Crippen molar-refractivity contribution in [3.8, 4) is 39.1 Å². The molecule has 11 rings (SSSR count). The number of carbonyl (C=O) groups is 1. The van der Waals surface area contributed by atoms with E-state index < -0.39 is 34.4 Å². The van der Waals surface area contributed by atoms with Crippen molar-refractivity contribution in [2.75, 3.05) is 5.32 Å². The number of hydrogen-bond acceptors (Lipinski definition) is 2. The van der Waals surface area contributed by atoms with Gasteiger partial charge in [-0.1, -0.05) is 147 Å². The van der Waals surface area contributed by atoms with Gasteiger partial charge in [0.25, 0.3) is 5.91 Å². The number of amides is 1. The molecule has 1 aliphatic heterocycles. The minimum absolute atomic E-state index is 0.224. The quantitative estimate of drug-likeness (QED) is 0.104. The highest BCUT2D eigenvalue weighted by Gasteiger charge is 2.46. The molecule has 8 aromatic rings. The maximum absolute atomic E-state index is 14.6. The SMILES string of the molecule is CCCCC[C@H]1CC[C@H](c2ccc(-c3ccc(C(=O)Nc4ccc(-c5cc(Br)c6c(c5)-c5c(c7c(c8cc(C(F)(F)F)ccc58)OC(c5ccc(F)cc5)(c5ccc(F)cc5)C=C7)C6(C)C)cc4)cc3)cc2)CC1. The molecule has 0 unspecified atom stereocenters. The monoisotopic (exact) mass is 1060 g/mol. The number of halogens is 6. The third-order valence-electron chi connectivity index (χ3n) is 15.9. The lowest BCUT2D eigenvalue weighted by Gasteiger charge is -2.38. The Kier molecular flexibility index (Phi) is 13.0. The van der Waals surface area contributed by atoms with Crippen molar-refractivity contribution in [3.63, 3.8) is 0 Å². The van der Waals surface area contributed by atoms with Gasteiger partial charge >= 0.3 is 6.18 Å². The Balaban J connectivity index is 0.871. The molecular weight excluding hydrogens is 1000 g/mol. The van der Waals surface area contributed by atoms with E-state index in [0.29, 0.717) is 39.2 Å². The maximum Gasteiger partial charge on any atom is 0.416 e. The molecular formula is C65H55BrF5NO2. The van der Waals surface area contributed by atoms with E-state index in [4.69, 9.17) is 4.74 Å². The van der Waals surface area contributed by atoms with Crippen LogP contribution in [0.1, 0.15) is 127 Å². The normalized spacial score (nSPS) is 17.3. The van der Waals surface area contributed by atoms with Gasteiger partial charge in [-0.05, 0) is 172 Å². The van der Waals surface area contributed by atoms with Crippen LogP contribution in [0.25, 0.3) is 50.2 Å². The van der Waals surface area contributed by atoms with Gasteiger partial charge in [-0.3, -0.25) is 4.79 Å². The first-order chi connectivity index (χ1) is 35.6. The van der Waals surface area contributed by atoms with Gasteiger partial charge in [-0.2, -0.15) is 13.2 Å². The molecule has 0 radical (unpaired) electrons. The first-order valence-corrected chi connectivity index (χ1v) is 26.5. The van der Waals surface area contributed by atoms with Gasteiger partial charge in [0.2, 0.25) is 0 Å². The number of fused-ring (bicyclic) bond motifs is 8. The Morgan fingerprint density at radius 1 is 0.676 bits per heavy atom. The van der Waals surface area contributed by atoms with E-state index in [1.807, 2.05) is 66.7 Å². The summed E-state index contributed by atoms with van der Waals surface area (Å²) in [4.78, 5) is 13.6. The summed E-state index contributed by atoms with van der Waals surface area (Å²) in [5.74, 6) is 0.584. The third kappa shape index (κ3) is 9.05. The topological polar surface area (TPSA) is 38.3 Å². The first-order valence-electron chi connectivity index (χ1n) is 25.7. The van der Waals surface area contributed by atoms with Crippen molar-refractivity contribution >= 4 is 44.4 Å². The Morgan fingerprint density at radius 2 is 1.27 bits per heavy atom. The van der Waals surface area contributed by atoms with E-state index in [9.17, 15) is 26.7 Å². The van der Waals surface area contributed by atoms with Crippen LogP contribution in [0, 0.1) is 17.6 Å². The smallest absolute Gasteiger partial charge is 0.416 e. The fourth-order valence-electron chi connectivity index (χ4n) is 12.0. The summed E-state index contributed by atoms with van der Waals surface area (Å²) in [7, 11) is 0. The Morgan fingerprint density at radius 3 is 1.88 bits per heavy atom. The fraction of sp³-hybridized carbons (Fsp3) is 0.246. The summed E-state index contributed by atoms with van der Waals surface area (Å²) in [6.07, 6.45) is 9.60. The van der Waals surface area contributed by atoms with Crippen molar-refractivity contribution in [1.82, 2.24) is 0 Å². The van der Waals surface area contributed by atoms with Gasteiger partial charge in [-0.25, -0.2) is 8.78 Å². The number of nitrogens with one attached hydrogen (secondary N) is 1. The average molecular weight is 1060 g/mol. The number of benzene rings is 8. The molecule has 374 valence electrons. The van der Waals surface area contributed by atoms with Crippen LogP contribution >= 0.6 is 15.9 Å². The van der Waals surface area contributed by atoms with E-state index in [2.05, 4.69) is 72.3 Å². The second-order valence-electron chi connectivity index (χ2n) is 20.9. The number of anilines is 1. The number of alkyl halides is 3. The Bertz CT molecular complexity index is 3400. The van der Waals surface area contributed by atoms with Gasteiger partial charge in [0.15, 0.2) is 5.60 Å². The van der Waals surface area contributed by atoms with Crippen LogP contribution in [0.3, 0.4) is 0 Å². The molecule has 9 heteroatoms. The standard InChI is InChI=1S/C65H55BrF5NO2/c1-4-5-6-7-39-8-10-40(11-9-39)41-12-14-42(15-13-41)43-16-18-45(19-17-43)62(73)72-52-31-20-44(21-32-52)46-36-56-58-53-33-26-49(65(69,70)71)38-55(53)61-54(60(58)63(2,3)59(56)57(66)37-46)34-35-64(74-61,47-22-27-50(67)28-23-47)48-24-29-51(68)30-25-48/h12-40H,4-11H2,1-3H3,(H,72,73)/t39-,40-. The predicted octanol–water partition coefficient (Wildman–Crippen LogP) is 19.0. The van der Waals surface area contributed by atoms with Crippen molar-refractivity contribution in [3.05, 3.63) is 218 Å². The molecule has 8 aromatic carbocycles. The molecule has 1 N–H and O–H groups in total. The van der Waals surface area contributed by atoms with E-state index >= 15 is 0 Å². The second kappa shape index (κ2) is 19.5. The Hall–Kier alpha value is -6.84. The van der Waals surface area contributed by atoms with Crippen LogP contribution in [0.2, 0.25) is 0 Å². The molecule has 0 atom stereocenters. The third-order valence-corrected chi connectivity index (χ3v) is 16.6. The summed E-state index contributed by atoms with van der Waals surface area (Å²) >= 11 is 3.92. The molecule has 0 aromatic heterocycles. The van der Waals surface area contributed by atoms with Crippen LogP contribution in [0.15, 0.2) is 162 Å². The van der Waals surface area contributed by atoms with Gasteiger partial charge < -0.3 is 10.1 Å². The van der Waals surface area contributed by atoms with Gasteiger partial charge in [0, 0.05) is 43.2 Å². The first kappa shape index (κ1) is 49.4. The number of rotatable bonds is 11.